The topological polar surface area (TPSA) is 68.8 Å². The first-order chi connectivity index (χ1) is 14.9. The summed E-state index contributed by atoms with van der Waals surface area (Å²) in [5, 5.41) is 10.0. The number of hydrogen-bond donors (Lipinski definition) is 3. The highest BCUT2D eigenvalue weighted by Gasteiger charge is 2.28. The molecule has 32 heavy (non-hydrogen) atoms. The van der Waals surface area contributed by atoms with Gasteiger partial charge in [-0.05, 0) is 69.6 Å². The van der Waals surface area contributed by atoms with Crippen molar-refractivity contribution in [1.29, 1.82) is 0 Å². The predicted molar refractivity (Wildman–Crippen MR) is 145 cm³/mol. The van der Waals surface area contributed by atoms with Crippen LogP contribution in [0, 0.1) is 11.8 Å². The molecule has 2 atom stereocenters. The highest BCUT2D eigenvalue weighted by Crippen LogP contribution is 2.25. The molecule has 0 bridgehead atoms. The quantitative estimate of drug-likeness (QED) is 0.279. The summed E-state index contributed by atoms with van der Waals surface area (Å²) in [4.78, 5) is 19.3. The van der Waals surface area contributed by atoms with E-state index >= 15 is 0 Å². The SMILES string of the molecule is CN=C(NCc1ccc(N2CCC(C)CC2)cc1)NC1CCCC(C(=O)NC(C)C)C1.I. The van der Waals surface area contributed by atoms with Gasteiger partial charge in [-0.25, -0.2) is 0 Å². The first-order valence-electron chi connectivity index (χ1n) is 12.1. The average Bonchev–Trinajstić information content (AvgIpc) is 2.77. The van der Waals surface area contributed by atoms with Gasteiger partial charge in [-0.2, -0.15) is 0 Å². The van der Waals surface area contributed by atoms with Crippen LogP contribution in [0.25, 0.3) is 0 Å². The standard InChI is InChI=1S/C25H41N5O.HI/c1-18(2)28-24(31)21-6-5-7-22(16-21)29-25(26-4)27-17-20-8-10-23(11-9-20)30-14-12-19(3)13-15-30;/h8-11,18-19,21-22H,5-7,12-17H2,1-4H3,(H,28,31)(H2,26,27,29);1H. The van der Waals surface area contributed by atoms with Gasteiger partial charge in [0.05, 0.1) is 0 Å². The van der Waals surface area contributed by atoms with Crippen LogP contribution in [0.4, 0.5) is 5.69 Å². The van der Waals surface area contributed by atoms with Crippen LogP contribution in [-0.4, -0.2) is 44.1 Å². The Morgan fingerprint density at radius 2 is 1.81 bits per heavy atom. The van der Waals surface area contributed by atoms with Crippen molar-refractivity contribution in [2.75, 3.05) is 25.0 Å². The summed E-state index contributed by atoms with van der Waals surface area (Å²) in [6.07, 6.45) is 6.56. The summed E-state index contributed by atoms with van der Waals surface area (Å²) in [6.45, 7) is 9.44. The molecule has 180 valence electrons. The fraction of sp³-hybridized carbons (Fsp3) is 0.680. The molecule has 3 N–H and O–H groups in total. The second-order valence-electron chi connectivity index (χ2n) is 9.63. The number of piperidine rings is 1. The summed E-state index contributed by atoms with van der Waals surface area (Å²) in [6, 6.07) is 9.37. The lowest BCUT2D eigenvalue weighted by atomic mass is 9.85. The van der Waals surface area contributed by atoms with E-state index in [4.69, 9.17) is 0 Å². The summed E-state index contributed by atoms with van der Waals surface area (Å²) in [5.74, 6) is 1.94. The van der Waals surface area contributed by atoms with E-state index in [1.54, 1.807) is 0 Å². The Labute approximate surface area is 211 Å². The molecular formula is C25H42IN5O. The highest BCUT2D eigenvalue weighted by molar-refractivity contribution is 14.0. The molecule has 2 unspecified atom stereocenters. The largest absolute Gasteiger partial charge is 0.372 e. The van der Waals surface area contributed by atoms with Gasteiger partial charge in [0.2, 0.25) is 5.91 Å². The minimum absolute atomic E-state index is 0. The Morgan fingerprint density at radius 1 is 1.12 bits per heavy atom. The molecule has 1 amide bonds. The van der Waals surface area contributed by atoms with Crippen molar-refractivity contribution >= 4 is 41.5 Å². The number of amides is 1. The average molecular weight is 556 g/mol. The van der Waals surface area contributed by atoms with E-state index in [0.717, 1.165) is 57.2 Å². The molecule has 1 saturated heterocycles. The maximum absolute atomic E-state index is 12.4. The third-order valence-electron chi connectivity index (χ3n) is 6.59. The number of aliphatic imine (C=N–C) groups is 1. The van der Waals surface area contributed by atoms with E-state index < -0.39 is 0 Å². The van der Waals surface area contributed by atoms with Crippen molar-refractivity contribution < 1.29 is 4.79 Å². The van der Waals surface area contributed by atoms with Crippen LogP contribution in [0.1, 0.15) is 64.9 Å². The second kappa shape index (κ2) is 13.3. The van der Waals surface area contributed by atoms with Gasteiger partial charge in [-0.3, -0.25) is 9.79 Å². The summed E-state index contributed by atoms with van der Waals surface area (Å²) in [7, 11) is 1.81. The first-order valence-corrected chi connectivity index (χ1v) is 12.1. The van der Waals surface area contributed by atoms with Gasteiger partial charge in [0, 0.05) is 50.4 Å². The van der Waals surface area contributed by atoms with Crippen molar-refractivity contribution in [2.24, 2.45) is 16.8 Å². The van der Waals surface area contributed by atoms with Crippen molar-refractivity contribution in [3.8, 4) is 0 Å². The Kier molecular flexibility index (Phi) is 11.1. The Hall–Kier alpha value is -1.51. The molecule has 3 rings (SSSR count). The number of halogens is 1. The molecule has 1 saturated carbocycles. The predicted octanol–water partition coefficient (Wildman–Crippen LogP) is 4.29. The number of carbonyl (C=O) groups excluding carboxylic acids is 1. The third-order valence-corrected chi connectivity index (χ3v) is 6.59. The number of hydrogen-bond acceptors (Lipinski definition) is 3. The number of nitrogens with zero attached hydrogens (tertiary/aromatic N) is 2. The summed E-state index contributed by atoms with van der Waals surface area (Å²) < 4.78 is 0. The molecule has 1 aliphatic heterocycles. The molecule has 1 aromatic rings. The maximum Gasteiger partial charge on any atom is 0.223 e. The molecule has 1 aliphatic carbocycles. The molecule has 7 heteroatoms. The van der Waals surface area contributed by atoms with Crippen LogP contribution in [0.2, 0.25) is 0 Å². The van der Waals surface area contributed by atoms with Crippen LogP contribution in [0.15, 0.2) is 29.3 Å². The number of rotatable bonds is 6. The second-order valence-corrected chi connectivity index (χ2v) is 9.63. The third kappa shape index (κ3) is 8.12. The Balaban J connectivity index is 0.00000363. The molecule has 6 nitrogen and oxygen atoms in total. The lowest BCUT2D eigenvalue weighted by molar-refractivity contribution is -0.126. The number of guanidine groups is 1. The normalized spacial score (nSPS) is 22.3. The zero-order chi connectivity index (χ0) is 22.2. The fourth-order valence-electron chi connectivity index (χ4n) is 4.63. The molecule has 1 heterocycles. The van der Waals surface area contributed by atoms with Crippen LogP contribution < -0.4 is 20.9 Å². The highest BCUT2D eigenvalue weighted by atomic mass is 127. The minimum Gasteiger partial charge on any atom is -0.372 e. The summed E-state index contributed by atoms with van der Waals surface area (Å²) in [5.41, 5.74) is 2.57. The monoisotopic (exact) mass is 555 g/mol. The van der Waals surface area contributed by atoms with Gasteiger partial charge < -0.3 is 20.9 Å². The van der Waals surface area contributed by atoms with E-state index in [2.05, 4.69) is 57.0 Å². The molecule has 2 aliphatic rings. The zero-order valence-electron chi connectivity index (χ0n) is 20.2. The molecule has 1 aromatic carbocycles. The van der Waals surface area contributed by atoms with E-state index in [1.165, 1.54) is 24.1 Å². The van der Waals surface area contributed by atoms with Crippen LogP contribution >= 0.6 is 24.0 Å². The van der Waals surface area contributed by atoms with Crippen molar-refractivity contribution in [3.05, 3.63) is 29.8 Å². The number of benzene rings is 1. The Bertz CT molecular complexity index is 728. The summed E-state index contributed by atoms with van der Waals surface area (Å²) >= 11 is 0. The van der Waals surface area contributed by atoms with Crippen LogP contribution in [0.3, 0.4) is 0 Å². The van der Waals surface area contributed by atoms with Crippen molar-refractivity contribution in [3.63, 3.8) is 0 Å². The molecule has 2 fully saturated rings. The van der Waals surface area contributed by atoms with E-state index in [0.29, 0.717) is 0 Å². The minimum atomic E-state index is 0. The molecule has 0 aromatic heterocycles. The van der Waals surface area contributed by atoms with Gasteiger partial charge in [0.25, 0.3) is 0 Å². The molecule has 0 radical (unpaired) electrons. The van der Waals surface area contributed by atoms with Crippen molar-refractivity contribution in [2.45, 2.75) is 77.9 Å². The Morgan fingerprint density at radius 3 is 2.44 bits per heavy atom. The fourth-order valence-corrected chi connectivity index (χ4v) is 4.63. The van der Waals surface area contributed by atoms with Gasteiger partial charge in [-0.15, -0.1) is 24.0 Å². The number of carbonyl (C=O) groups is 1. The van der Waals surface area contributed by atoms with Gasteiger partial charge in [0.1, 0.15) is 0 Å². The number of nitrogens with one attached hydrogen (secondary N) is 3. The molecular weight excluding hydrogens is 513 g/mol. The van der Waals surface area contributed by atoms with Gasteiger partial charge in [-0.1, -0.05) is 25.5 Å². The smallest absolute Gasteiger partial charge is 0.223 e. The van der Waals surface area contributed by atoms with E-state index in [-0.39, 0.29) is 47.9 Å². The van der Waals surface area contributed by atoms with E-state index in [1.807, 2.05) is 20.9 Å². The zero-order valence-corrected chi connectivity index (χ0v) is 22.5. The van der Waals surface area contributed by atoms with Gasteiger partial charge in [0.15, 0.2) is 5.96 Å². The van der Waals surface area contributed by atoms with Crippen LogP contribution in [-0.2, 0) is 11.3 Å². The van der Waals surface area contributed by atoms with Crippen molar-refractivity contribution in [1.82, 2.24) is 16.0 Å². The van der Waals surface area contributed by atoms with Crippen LogP contribution in [0.5, 0.6) is 0 Å². The number of anilines is 1. The van der Waals surface area contributed by atoms with E-state index in [9.17, 15) is 4.79 Å². The molecule has 0 spiro atoms. The van der Waals surface area contributed by atoms with Gasteiger partial charge >= 0.3 is 0 Å². The first kappa shape index (κ1) is 26.7. The lowest BCUT2D eigenvalue weighted by Gasteiger charge is -2.32. The maximum atomic E-state index is 12.4. The lowest BCUT2D eigenvalue weighted by Crippen LogP contribution is -2.47.